The molecule has 0 amide bonds. The minimum Gasteiger partial charge on any atom is -0.370 e. The predicted molar refractivity (Wildman–Crippen MR) is 46.0 cm³/mol. The Hall–Kier alpha value is -0.120. The van der Waals surface area contributed by atoms with Gasteiger partial charge in [-0.3, -0.25) is 0 Å². The van der Waals surface area contributed by atoms with E-state index in [9.17, 15) is 0 Å². The van der Waals surface area contributed by atoms with E-state index in [0.717, 1.165) is 26.1 Å². The molecule has 12 heavy (non-hydrogen) atoms. The molecule has 3 nitrogen and oxygen atoms in total. The van der Waals surface area contributed by atoms with Crippen LogP contribution in [0.3, 0.4) is 0 Å². The van der Waals surface area contributed by atoms with Crippen molar-refractivity contribution in [3.05, 3.63) is 0 Å². The topological polar surface area (TPSA) is 31.0 Å². The molecule has 3 heteroatoms. The summed E-state index contributed by atoms with van der Waals surface area (Å²) in [5, 5.41) is 0. The van der Waals surface area contributed by atoms with Gasteiger partial charge in [-0.1, -0.05) is 13.8 Å². The van der Waals surface area contributed by atoms with Gasteiger partial charge in [-0.15, -0.1) is 0 Å². The Balaban J connectivity index is 1.95. The van der Waals surface area contributed by atoms with Crippen LogP contribution in [0.15, 0.2) is 0 Å². The van der Waals surface area contributed by atoms with Crippen LogP contribution in [0.5, 0.6) is 0 Å². The van der Waals surface area contributed by atoms with Crippen molar-refractivity contribution in [3.63, 3.8) is 0 Å². The van der Waals surface area contributed by atoms with Gasteiger partial charge in [0.1, 0.15) is 12.9 Å². The summed E-state index contributed by atoms with van der Waals surface area (Å²) in [7, 11) is 0. The lowest BCUT2D eigenvalue weighted by atomic mass is 10.2. The maximum atomic E-state index is 5.47. The number of epoxide rings is 1. The van der Waals surface area contributed by atoms with E-state index in [1.807, 2.05) is 0 Å². The molecule has 2 unspecified atom stereocenters. The minimum atomic E-state index is 0.238. The molecule has 2 atom stereocenters. The Bertz CT molecular complexity index is 112. The van der Waals surface area contributed by atoms with Crippen molar-refractivity contribution < 1.29 is 14.2 Å². The average molecular weight is 174 g/mol. The molecular formula is C9H18O3. The third-order valence-corrected chi connectivity index (χ3v) is 1.89. The highest BCUT2D eigenvalue weighted by Crippen LogP contribution is 2.19. The van der Waals surface area contributed by atoms with Gasteiger partial charge in [-0.25, -0.2) is 0 Å². The molecule has 1 saturated heterocycles. The Labute approximate surface area is 74.0 Å². The Morgan fingerprint density at radius 3 is 2.75 bits per heavy atom. The van der Waals surface area contributed by atoms with E-state index in [1.54, 1.807) is 0 Å². The molecule has 0 radical (unpaired) electrons. The molecule has 0 aromatic heterocycles. The van der Waals surface area contributed by atoms with Gasteiger partial charge in [0, 0.05) is 6.61 Å². The quantitative estimate of drug-likeness (QED) is 0.333. The third kappa shape index (κ3) is 3.52. The predicted octanol–water partition coefficient (Wildman–Crippen LogP) is 1.56. The summed E-state index contributed by atoms with van der Waals surface area (Å²) in [6.07, 6.45) is 2.61. The van der Waals surface area contributed by atoms with Crippen molar-refractivity contribution in [1.82, 2.24) is 0 Å². The van der Waals surface area contributed by atoms with E-state index >= 15 is 0 Å². The monoisotopic (exact) mass is 174 g/mol. The second-order valence-corrected chi connectivity index (χ2v) is 3.01. The zero-order chi connectivity index (χ0) is 8.81. The molecule has 0 N–H and O–H groups in total. The van der Waals surface area contributed by atoms with Crippen LogP contribution in [0.2, 0.25) is 0 Å². The summed E-state index contributed by atoms with van der Waals surface area (Å²) in [6.45, 7) is 6.23. The van der Waals surface area contributed by atoms with Gasteiger partial charge in [0.15, 0.2) is 0 Å². The molecule has 1 heterocycles. The normalized spacial score (nSPS) is 24.0. The van der Waals surface area contributed by atoms with Crippen LogP contribution in [0.25, 0.3) is 0 Å². The maximum absolute atomic E-state index is 5.47. The number of hydrogen-bond acceptors (Lipinski definition) is 3. The van der Waals surface area contributed by atoms with E-state index in [4.69, 9.17) is 14.2 Å². The standard InChI is InChI=1S/C9H18O3/c1-3-5-10-7-12-8(4-2)9-6-11-9/h8-9H,3-7H2,1-2H3. The van der Waals surface area contributed by atoms with Crippen LogP contribution in [-0.4, -0.2) is 32.2 Å². The van der Waals surface area contributed by atoms with Crippen molar-refractivity contribution in [3.8, 4) is 0 Å². The van der Waals surface area contributed by atoms with Crippen molar-refractivity contribution >= 4 is 0 Å². The Morgan fingerprint density at radius 2 is 2.25 bits per heavy atom. The van der Waals surface area contributed by atoms with Crippen molar-refractivity contribution in [1.29, 1.82) is 0 Å². The lowest BCUT2D eigenvalue weighted by Gasteiger charge is -2.12. The van der Waals surface area contributed by atoms with E-state index < -0.39 is 0 Å². The van der Waals surface area contributed by atoms with Gasteiger partial charge in [-0.05, 0) is 12.8 Å². The van der Waals surface area contributed by atoms with E-state index in [1.165, 1.54) is 0 Å². The van der Waals surface area contributed by atoms with Crippen LogP contribution < -0.4 is 0 Å². The summed E-state index contributed by atoms with van der Waals surface area (Å²) in [6, 6.07) is 0. The van der Waals surface area contributed by atoms with Gasteiger partial charge >= 0.3 is 0 Å². The second kappa shape index (κ2) is 5.51. The SMILES string of the molecule is CCCOCOC(CC)C1CO1. The number of hydrogen-bond donors (Lipinski definition) is 0. The molecule has 1 aliphatic rings. The van der Waals surface area contributed by atoms with Crippen LogP contribution in [0.4, 0.5) is 0 Å². The van der Waals surface area contributed by atoms with Crippen molar-refractivity contribution in [2.75, 3.05) is 20.0 Å². The Kier molecular flexibility index (Phi) is 4.58. The molecule has 1 fully saturated rings. The van der Waals surface area contributed by atoms with Crippen molar-refractivity contribution in [2.24, 2.45) is 0 Å². The van der Waals surface area contributed by atoms with Gasteiger partial charge in [0.05, 0.1) is 12.7 Å². The van der Waals surface area contributed by atoms with Gasteiger partial charge in [0.25, 0.3) is 0 Å². The second-order valence-electron chi connectivity index (χ2n) is 3.01. The zero-order valence-electron chi connectivity index (χ0n) is 7.91. The first-order valence-corrected chi connectivity index (χ1v) is 4.69. The first-order valence-electron chi connectivity index (χ1n) is 4.69. The lowest BCUT2D eigenvalue weighted by Crippen LogP contribution is -2.20. The molecule has 0 spiro atoms. The fraction of sp³-hybridized carbons (Fsp3) is 1.00. The highest BCUT2D eigenvalue weighted by Gasteiger charge is 2.32. The largest absolute Gasteiger partial charge is 0.370 e. The Morgan fingerprint density at radius 1 is 1.50 bits per heavy atom. The molecule has 0 bridgehead atoms. The third-order valence-electron chi connectivity index (χ3n) is 1.89. The van der Waals surface area contributed by atoms with Crippen LogP contribution in [0, 0.1) is 0 Å². The average Bonchev–Trinajstić information content (AvgIpc) is 2.88. The summed E-state index contributed by atoms with van der Waals surface area (Å²) in [5.74, 6) is 0. The summed E-state index contributed by atoms with van der Waals surface area (Å²) in [4.78, 5) is 0. The zero-order valence-corrected chi connectivity index (χ0v) is 7.91. The maximum Gasteiger partial charge on any atom is 0.147 e. The van der Waals surface area contributed by atoms with Crippen LogP contribution in [0.1, 0.15) is 26.7 Å². The smallest absolute Gasteiger partial charge is 0.147 e. The van der Waals surface area contributed by atoms with E-state index in [0.29, 0.717) is 12.9 Å². The fourth-order valence-corrected chi connectivity index (χ4v) is 1.10. The molecular weight excluding hydrogens is 156 g/mol. The highest BCUT2D eigenvalue weighted by atomic mass is 16.7. The molecule has 1 aliphatic heterocycles. The van der Waals surface area contributed by atoms with Gasteiger partial charge in [0.2, 0.25) is 0 Å². The molecule has 0 saturated carbocycles. The molecule has 72 valence electrons. The minimum absolute atomic E-state index is 0.238. The molecule has 1 rings (SSSR count). The van der Waals surface area contributed by atoms with E-state index in [-0.39, 0.29) is 6.10 Å². The molecule has 0 aliphatic carbocycles. The number of rotatable bonds is 7. The first-order chi connectivity index (χ1) is 5.88. The lowest BCUT2D eigenvalue weighted by molar-refractivity contribution is -0.0965. The molecule has 0 aromatic carbocycles. The van der Waals surface area contributed by atoms with Crippen LogP contribution in [-0.2, 0) is 14.2 Å². The van der Waals surface area contributed by atoms with E-state index in [2.05, 4.69) is 13.8 Å². The first kappa shape index (κ1) is 9.96. The fourth-order valence-electron chi connectivity index (χ4n) is 1.10. The van der Waals surface area contributed by atoms with Crippen molar-refractivity contribution in [2.45, 2.75) is 38.9 Å². The van der Waals surface area contributed by atoms with Gasteiger partial charge < -0.3 is 14.2 Å². The summed E-state index contributed by atoms with van der Waals surface area (Å²) in [5.41, 5.74) is 0. The highest BCUT2D eigenvalue weighted by molar-refractivity contribution is 4.78. The number of ether oxygens (including phenoxy) is 3. The summed E-state index contributed by atoms with van der Waals surface area (Å²) >= 11 is 0. The summed E-state index contributed by atoms with van der Waals surface area (Å²) < 4.78 is 15.8. The van der Waals surface area contributed by atoms with Gasteiger partial charge in [-0.2, -0.15) is 0 Å². The van der Waals surface area contributed by atoms with Crippen LogP contribution >= 0.6 is 0 Å². The molecule has 0 aromatic rings.